The van der Waals surface area contributed by atoms with Crippen LogP contribution in [-0.4, -0.2) is 30.7 Å². The maximum absolute atomic E-state index is 13.4. The van der Waals surface area contributed by atoms with Crippen molar-refractivity contribution in [2.45, 2.75) is 32.6 Å². The van der Waals surface area contributed by atoms with E-state index in [1.165, 1.54) is 6.07 Å². The van der Waals surface area contributed by atoms with Crippen molar-refractivity contribution in [3.05, 3.63) is 35.4 Å². The summed E-state index contributed by atoms with van der Waals surface area (Å²) in [5.74, 6) is -0.219. The first kappa shape index (κ1) is 15.7. The lowest BCUT2D eigenvalue weighted by molar-refractivity contribution is 0.0883. The third-order valence-electron chi connectivity index (χ3n) is 3.87. The molecule has 0 aliphatic carbocycles. The van der Waals surface area contributed by atoms with E-state index < -0.39 is 11.6 Å². The second-order valence-corrected chi connectivity index (χ2v) is 5.62. The normalized spacial score (nSPS) is 16.0. The fourth-order valence-electron chi connectivity index (χ4n) is 2.44. The van der Waals surface area contributed by atoms with Crippen molar-refractivity contribution in [3.63, 3.8) is 0 Å². The zero-order valence-electron chi connectivity index (χ0n) is 12.3. The maximum Gasteiger partial charge on any atom is 0.409 e. The molecule has 0 atom stereocenters. The molecule has 1 aliphatic rings. The Morgan fingerprint density at radius 1 is 1.33 bits per heavy atom. The Hall–Kier alpha value is -1.65. The van der Waals surface area contributed by atoms with Crippen LogP contribution in [0.25, 0.3) is 0 Å². The number of carbonyl (C=O) groups excluding carboxylic acids is 1. The zero-order chi connectivity index (χ0) is 15.2. The summed E-state index contributed by atoms with van der Waals surface area (Å²) in [7, 11) is 0. The smallest absolute Gasteiger partial charge is 0.409 e. The quantitative estimate of drug-likeness (QED) is 0.792. The van der Waals surface area contributed by atoms with Gasteiger partial charge in [-0.3, -0.25) is 0 Å². The van der Waals surface area contributed by atoms with E-state index in [1.807, 2.05) is 0 Å². The number of hydrogen-bond acceptors (Lipinski definition) is 2. The summed E-state index contributed by atoms with van der Waals surface area (Å²) in [6.45, 7) is 3.87. The Bertz CT molecular complexity index is 485. The molecular weight excluding hydrogens is 276 g/mol. The lowest BCUT2D eigenvalue weighted by Gasteiger charge is -2.29. The molecule has 0 N–H and O–H groups in total. The van der Waals surface area contributed by atoms with Crippen LogP contribution in [0.1, 0.15) is 31.7 Å². The molecule has 1 fully saturated rings. The number of carbonyl (C=O) groups is 1. The second-order valence-electron chi connectivity index (χ2n) is 5.62. The van der Waals surface area contributed by atoms with Gasteiger partial charge in [0.15, 0.2) is 0 Å². The molecule has 1 aromatic rings. The Labute approximate surface area is 123 Å². The minimum absolute atomic E-state index is 0.223. The highest BCUT2D eigenvalue weighted by molar-refractivity contribution is 5.67. The van der Waals surface area contributed by atoms with E-state index >= 15 is 0 Å². The van der Waals surface area contributed by atoms with Gasteiger partial charge < -0.3 is 9.64 Å². The van der Waals surface area contributed by atoms with Crippen LogP contribution >= 0.6 is 0 Å². The highest BCUT2D eigenvalue weighted by atomic mass is 19.1. The van der Waals surface area contributed by atoms with E-state index in [4.69, 9.17) is 4.74 Å². The van der Waals surface area contributed by atoms with Crippen molar-refractivity contribution in [1.82, 2.24) is 4.90 Å². The number of likely N-dealkylation sites (tertiary alicyclic amines) is 1. The van der Waals surface area contributed by atoms with Gasteiger partial charge >= 0.3 is 6.09 Å². The van der Waals surface area contributed by atoms with E-state index in [-0.39, 0.29) is 12.7 Å². The van der Waals surface area contributed by atoms with Gasteiger partial charge in [-0.2, -0.15) is 0 Å². The predicted molar refractivity (Wildman–Crippen MR) is 76.0 cm³/mol. The first-order chi connectivity index (χ1) is 10.1. The first-order valence-electron chi connectivity index (χ1n) is 7.42. The molecule has 0 aromatic heterocycles. The molecule has 5 heteroatoms. The minimum Gasteiger partial charge on any atom is -0.449 e. The van der Waals surface area contributed by atoms with Crippen LogP contribution in [0.15, 0.2) is 18.2 Å². The van der Waals surface area contributed by atoms with E-state index in [2.05, 4.69) is 6.92 Å². The van der Waals surface area contributed by atoms with E-state index in [1.54, 1.807) is 4.90 Å². The number of halogens is 2. The fraction of sp³-hybridized carbons (Fsp3) is 0.562. The zero-order valence-corrected chi connectivity index (χ0v) is 12.3. The molecular formula is C16H21F2NO2. The summed E-state index contributed by atoms with van der Waals surface area (Å²) in [5.41, 5.74) is 0.317. The highest BCUT2D eigenvalue weighted by Gasteiger charge is 2.21. The monoisotopic (exact) mass is 297 g/mol. The lowest BCUT2D eigenvalue weighted by Crippen LogP contribution is -2.38. The average Bonchev–Trinajstić information content (AvgIpc) is 2.47. The predicted octanol–water partition coefficient (Wildman–Crippen LogP) is 3.77. The maximum atomic E-state index is 13.4. The van der Waals surface area contributed by atoms with Crippen molar-refractivity contribution in [2.75, 3.05) is 19.7 Å². The van der Waals surface area contributed by atoms with Gasteiger partial charge in [0, 0.05) is 13.1 Å². The molecule has 0 spiro atoms. The summed E-state index contributed by atoms with van der Waals surface area (Å²) < 4.78 is 31.6. The van der Waals surface area contributed by atoms with Gasteiger partial charge in [0.25, 0.3) is 0 Å². The van der Waals surface area contributed by atoms with E-state index in [9.17, 15) is 13.6 Å². The number of piperidine rings is 1. The average molecular weight is 297 g/mol. The molecule has 0 saturated carbocycles. The van der Waals surface area contributed by atoms with Gasteiger partial charge in [-0.25, -0.2) is 13.6 Å². The summed E-state index contributed by atoms with van der Waals surface area (Å²) in [6, 6.07) is 3.39. The van der Waals surface area contributed by atoms with E-state index in [0.717, 1.165) is 38.1 Å². The third kappa shape index (κ3) is 4.69. The van der Waals surface area contributed by atoms with Crippen LogP contribution in [0.5, 0.6) is 0 Å². The van der Waals surface area contributed by atoms with Gasteiger partial charge in [0.05, 0.1) is 6.61 Å². The number of benzene rings is 1. The highest BCUT2D eigenvalue weighted by Crippen LogP contribution is 2.17. The van der Waals surface area contributed by atoms with Crippen LogP contribution in [0.3, 0.4) is 0 Å². The van der Waals surface area contributed by atoms with Crippen molar-refractivity contribution in [3.8, 4) is 0 Å². The third-order valence-corrected chi connectivity index (χ3v) is 3.87. The number of rotatable bonds is 4. The van der Waals surface area contributed by atoms with Crippen LogP contribution < -0.4 is 0 Å². The van der Waals surface area contributed by atoms with Crippen molar-refractivity contribution in [2.24, 2.45) is 5.92 Å². The topological polar surface area (TPSA) is 29.5 Å². The van der Waals surface area contributed by atoms with Crippen molar-refractivity contribution < 1.29 is 18.3 Å². The fourth-order valence-corrected chi connectivity index (χ4v) is 2.44. The molecule has 0 bridgehead atoms. The molecule has 0 unspecified atom stereocenters. The molecule has 1 heterocycles. The first-order valence-corrected chi connectivity index (χ1v) is 7.42. The van der Waals surface area contributed by atoms with Crippen LogP contribution in [0.2, 0.25) is 0 Å². The molecule has 3 nitrogen and oxygen atoms in total. The SMILES string of the molecule is CC1CCN(C(=O)OCCCc2cc(F)ccc2F)CC1. The van der Waals surface area contributed by atoms with Crippen LogP contribution in [0, 0.1) is 17.6 Å². The minimum atomic E-state index is -0.453. The lowest BCUT2D eigenvalue weighted by atomic mass is 10.00. The molecule has 1 amide bonds. The number of ether oxygens (including phenoxy) is 1. The molecule has 21 heavy (non-hydrogen) atoms. The molecule has 1 saturated heterocycles. The van der Waals surface area contributed by atoms with Crippen molar-refractivity contribution in [1.29, 1.82) is 0 Å². The Morgan fingerprint density at radius 2 is 2.05 bits per heavy atom. The van der Waals surface area contributed by atoms with Gasteiger partial charge in [-0.05, 0) is 55.4 Å². The number of aryl methyl sites for hydroxylation is 1. The number of nitrogens with zero attached hydrogens (tertiary/aromatic N) is 1. The molecule has 1 aromatic carbocycles. The van der Waals surface area contributed by atoms with Crippen molar-refractivity contribution >= 4 is 6.09 Å². The number of amides is 1. The van der Waals surface area contributed by atoms with Gasteiger partial charge in [-0.1, -0.05) is 6.92 Å². The Kier molecular flexibility index (Phi) is 5.53. The largest absolute Gasteiger partial charge is 0.449 e. The van der Waals surface area contributed by atoms with E-state index in [0.29, 0.717) is 24.3 Å². The Balaban J connectivity index is 1.69. The molecule has 116 valence electrons. The molecule has 1 aliphatic heterocycles. The summed E-state index contributed by atoms with van der Waals surface area (Å²) >= 11 is 0. The standard InChI is InChI=1S/C16H21F2NO2/c1-12-6-8-19(9-7-12)16(20)21-10-2-3-13-11-14(17)4-5-15(13)18/h4-5,11-12H,2-3,6-10H2,1H3. The summed E-state index contributed by atoms with van der Waals surface area (Å²) in [6.07, 6.45) is 2.54. The molecule has 2 rings (SSSR count). The summed E-state index contributed by atoms with van der Waals surface area (Å²) in [5, 5.41) is 0. The van der Waals surface area contributed by atoms with Crippen LogP contribution in [-0.2, 0) is 11.2 Å². The summed E-state index contributed by atoms with van der Waals surface area (Å²) in [4.78, 5) is 13.5. The second kappa shape index (κ2) is 7.38. The Morgan fingerprint density at radius 3 is 2.76 bits per heavy atom. The van der Waals surface area contributed by atoms with Crippen LogP contribution in [0.4, 0.5) is 13.6 Å². The van der Waals surface area contributed by atoms with Gasteiger partial charge in [0.1, 0.15) is 11.6 Å². The van der Waals surface area contributed by atoms with Gasteiger partial charge in [-0.15, -0.1) is 0 Å². The number of hydrogen-bond donors (Lipinski definition) is 0. The van der Waals surface area contributed by atoms with Gasteiger partial charge in [0.2, 0.25) is 0 Å². The molecule has 0 radical (unpaired) electrons.